The van der Waals surface area contributed by atoms with E-state index < -0.39 is 5.97 Å². The van der Waals surface area contributed by atoms with Crippen molar-refractivity contribution < 1.29 is 9.90 Å². The minimum absolute atomic E-state index is 0.343. The van der Waals surface area contributed by atoms with E-state index in [4.69, 9.17) is 5.11 Å². The van der Waals surface area contributed by atoms with Crippen LogP contribution in [-0.2, 0) is 6.54 Å². The Morgan fingerprint density at radius 2 is 2.28 bits per heavy atom. The molecule has 2 heterocycles. The first kappa shape index (κ1) is 11.0. The molecule has 0 bridgehead atoms. The summed E-state index contributed by atoms with van der Waals surface area (Å²) in [7, 11) is 0. The van der Waals surface area contributed by atoms with E-state index in [1.165, 1.54) is 0 Å². The van der Waals surface area contributed by atoms with Crippen molar-refractivity contribution >= 4 is 28.2 Å². The van der Waals surface area contributed by atoms with E-state index in [1.807, 2.05) is 29.1 Å². The van der Waals surface area contributed by atoms with Gasteiger partial charge in [0, 0.05) is 28.2 Å². The molecule has 90 valence electrons. The number of aromatic nitrogens is 2. The predicted octanol–water partition coefficient (Wildman–Crippen LogP) is 2.84. The molecule has 0 spiro atoms. The molecule has 1 aromatic carbocycles. The first-order chi connectivity index (χ1) is 8.75. The number of carbonyl (C=O) groups is 1. The molecule has 3 rings (SSSR count). The molecule has 2 aromatic heterocycles. The Hall–Kier alpha value is -2.14. The third-order valence-electron chi connectivity index (χ3n) is 2.85. The SMILES string of the molecule is O=C(O)c1cccc2c1ccn2Cc1cncs1. The number of hydrogen-bond donors (Lipinski definition) is 1. The van der Waals surface area contributed by atoms with Crippen molar-refractivity contribution in [3.8, 4) is 0 Å². The summed E-state index contributed by atoms with van der Waals surface area (Å²) < 4.78 is 2.04. The Morgan fingerprint density at radius 1 is 1.39 bits per heavy atom. The van der Waals surface area contributed by atoms with Crippen LogP contribution in [-0.4, -0.2) is 20.6 Å². The molecule has 18 heavy (non-hydrogen) atoms. The molecular formula is C13H10N2O2S. The van der Waals surface area contributed by atoms with Gasteiger partial charge < -0.3 is 9.67 Å². The Labute approximate surface area is 107 Å². The third kappa shape index (κ3) is 1.78. The number of nitrogens with zero attached hydrogens (tertiary/aromatic N) is 2. The van der Waals surface area contributed by atoms with E-state index >= 15 is 0 Å². The van der Waals surface area contributed by atoms with Crippen molar-refractivity contribution in [3.05, 3.63) is 52.6 Å². The number of hydrogen-bond acceptors (Lipinski definition) is 3. The average molecular weight is 258 g/mol. The standard InChI is InChI=1S/C13H10N2O2S/c16-13(17)11-2-1-3-12-10(11)4-5-15(12)7-9-6-14-8-18-9/h1-6,8H,7H2,(H,16,17). The van der Waals surface area contributed by atoms with Gasteiger partial charge in [-0.1, -0.05) is 6.07 Å². The topological polar surface area (TPSA) is 55.1 Å². The van der Waals surface area contributed by atoms with E-state index in [0.29, 0.717) is 5.56 Å². The van der Waals surface area contributed by atoms with Gasteiger partial charge in [-0.05, 0) is 18.2 Å². The Kier molecular flexibility index (Phi) is 2.60. The summed E-state index contributed by atoms with van der Waals surface area (Å²) >= 11 is 1.59. The minimum Gasteiger partial charge on any atom is -0.478 e. The highest BCUT2D eigenvalue weighted by Crippen LogP contribution is 2.22. The monoisotopic (exact) mass is 258 g/mol. The maximum absolute atomic E-state index is 11.1. The molecular weight excluding hydrogens is 248 g/mol. The number of benzene rings is 1. The lowest BCUT2D eigenvalue weighted by Gasteiger charge is -2.03. The summed E-state index contributed by atoms with van der Waals surface area (Å²) in [6.45, 7) is 0.719. The van der Waals surface area contributed by atoms with Gasteiger partial charge in [0.15, 0.2) is 0 Å². The molecule has 0 atom stereocenters. The molecule has 1 N–H and O–H groups in total. The minimum atomic E-state index is -0.892. The molecule has 0 unspecified atom stereocenters. The smallest absolute Gasteiger partial charge is 0.336 e. The van der Waals surface area contributed by atoms with Gasteiger partial charge in [0.25, 0.3) is 0 Å². The van der Waals surface area contributed by atoms with Crippen LogP contribution in [0.15, 0.2) is 42.2 Å². The van der Waals surface area contributed by atoms with Gasteiger partial charge in [0.05, 0.1) is 17.6 Å². The zero-order valence-corrected chi connectivity index (χ0v) is 10.2. The van der Waals surface area contributed by atoms with Crippen molar-refractivity contribution in [2.24, 2.45) is 0 Å². The molecule has 3 aromatic rings. The van der Waals surface area contributed by atoms with Crippen LogP contribution < -0.4 is 0 Å². The number of thiazole rings is 1. The fraction of sp³-hybridized carbons (Fsp3) is 0.0769. The summed E-state index contributed by atoms with van der Waals surface area (Å²) in [5.41, 5.74) is 3.07. The molecule has 0 aliphatic rings. The molecule has 0 amide bonds. The molecule has 0 saturated heterocycles. The summed E-state index contributed by atoms with van der Waals surface area (Å²) in [4.78, 5) is 16.3. The van der Waals surface area contributed by atoms with E-state index in [9.17, 15) is 4.79 Å². The van der Waals surface area contributed by atoms with Crippen LogP contribution in [0, 0.1) is 0 Å². The largest absolute Gasteiger partial charge is 0.478 e. The summed E-state index contributed by atoms with van der Waals surface area (Å²) in [5.74, 6) is -0.892. The van der Waals surface area contributed by atoms with Crippen molar-refractivity contribution in [1.29, 1.82) is 0 Å². The number of aromatic carboxylic acids is 1. The Balaban J connectivity index is 2.09. The maximum Gasteiger partial charge on any atom is 0.336 e. The fourth-order valence-corrected chi connectivity index (χ4v) is 2.63. The second-order valence-electron chi connectivity index (χ2n) is 3.95. The molecule has 0 aliphatic carbocycles. The maximum atomic E-state index is 11.1. The van der Waals surface area contributed by atoms with Gasteiger partial charge >= 0.3 is 5.97 Å². The highest BCUT2D eigenvalue weighted by molar-refractivity contribution is 7.09. The Bertz CT molecular complexity index is 701. The van der Waals surface area contributed by atoms with Crippen LogP contribution in [0.25, 0.3) is 10.9 Å². The second kappa shape index (κ2) is 4.27. The van der Waals surface area contributed by atoms with Crippen molar-refractivity contribution in [2.75, 3.05) is 0 Å². The molecule has 0 saturated carbocycles. The molecule has 0 aliphatic heterocycles. The second-order valence-corrected chi connectivity index (χ2v) is 4.93. The quantitative estimate of drug-likeness (QED) is 0.786. The van der Waals surface area contributed by atoms with Crippen LogP contribution in [0.5, 0.6) is 0 Å². The fourth-order valence-electron chi connectivity index (χ4n) is 2.04. The molecule has 4 nitrogen and oxygen atoms in total. The van der Waals surface area contributed by atoms with Crippen molar-refractivity contribution in [2.45, 2.75) is 6.54 Å². The van der Waals surface area contributed by atoms with Gasteiger partial charge in [-0.25, -0.2) is 4.79 Å². The lowest BCUT2D eigenvalue weighted by atomic mass is 10.1. The number of fused-ring (bicyclic) bond motifs is 1. The third-order valence-corrected chi connectivity index (χ3v) is 3.62. The first-order valence-corrected chi connectivity index (χ1v) is 6.32. The van der Waals surface area contributed by atoms with E-state index in [1.54, 1.807) is 29.0 Å². The van der Waals surface area contributed by atoms with Gasteiger partial charge in [-0.15, -0.1) is 11.3 Å². The molecule has 0 fully saturated rings. The normalized spacial score (nSPS) is 10.9. The molecule has 0 radical (unpaired) electrons. The number of carboxylic acids is 1. The zero-order chi connectivity index (χ0) is 12.5. The average Bonchev–Trinajstić information content (AvgIpc) is 2.99. The summed E-state index contributed by atoms with van der Waals surface area (Å²) in [6.07, 6.45) is 3.74. The number of carboxylic acid groups (broad SMARTS) is 1. The summed E-state index contributed by atoms with van der Waals surface area (Å²) in [6, 6.07) is 7.18. The van der Waals surface area contributed by atoms with E-state index in [2.05, 4.69) is 4.98 Å². The van der Waals surface area contributed by atoms with Crippen molar-refractivity contribution in [3.63, 3.8) is 0 Å². The van der Waals surface area contributed by atoms with Crippen LogP contribution in [0.1, 0.15) is 15.2 Å². The Morgan fingerprint density at radius 3 is 3.00 bits per heavy atom. The van der Waals surface area contributed by atoms with Gasteiger partial charge in [0.2, 0.25) is 0 Å². The highest BCUT2D eigenvalue weighted by atomic mass is 32.1. The van der Waals surface area contributed by atoms with Gasteiger partial charge in [-0.3, -0.25) is 4.98 Å². The zero-order valence-electron chi connectivity index (χ0n) is 9.41. The van der Waals surface area contributed by atoms with E-state index in [-0.39, 0.29) is 0 Å². The van der Waals surface area contributed by atoms with Crippen LogP contribution in [0.4, 0.5) is 0 Å². The van der Waals surface area contributed by atoms with Crippen molar-refractivity contribution in [1.82, 2.24) is 9.55 Å². The lowest BCUT2D eigenvalue weighted by molar-refractivity contribution is 0.0699. The van der Waals surface area contributed by atoms with Crippen LogP contribution >= 0.6 is 11.3 Å². The lowest BCUT2D eigenvalue weighted by Crippen LogP contribution is -1.99. The van der Waals surface area contributed by atoms with Gasteiger partial charge in [0.1, 0.15) is 0 Å². The van der Waals surface area contributed by atoms with E-state index in [0.717, 1.165) is 22.3 Å². The van der Waals surface area contributed by atoms with Crippen LogP contribution in [0.2, 0.25) is 0 Å². The highest BCUT2D eigenvalue weighted by Gasteiger charge is 2.10. The summed E-state index contributed by atoms with van der Waals surface area (Å²) in [5, 5.41) is 9.90. The first-order valence-electron chi connectivity index (χ1n) is 5.44. The van der Waals surface area contributed by atoms with Crippen LogP contribution in [0.3, 0.4) is 0 Å². The predicted molar refractivity (Wildman–Crippen MR) is 70.1 cm³/mol. The van der Waals surface area contributed by atoms with Gasteiger partial charge in [-0.2, -0.15) is 0 Å². The molecule has 5 heteroatoms. The number of rotatable bonds is 3.